The third-order valence-corrected chi connectivity index (χ3v) is 1.48. The molecule has 60 valence electrons. The average Bonchev–Trinajstić information content (AvgIpc) is 2.04. The molecule has 3 N–H and O–H groups in total. The molecular formula is C8H11NO2. The summed E-state index contributed by atoms with van der Waals surface area (Å²) >= 11 is 0. The van der Waals surface area contributed by atoms with Gasteiger partial charge in [-0.3, -0.25) is 0 Å². The molecule has 0 atom stereocenters. The van der Waals surface area contributed by atoms with E-state index in [2.05, 4.69) is 0 Å². The van der Waals surface area contributed by atoms with Crippen LogP contribution in [0.1, 0.15) is 5.56 Å². The Morgan fingerprint density at radius 2 is 2.27 bits per heavy atom. The minimum Gasteiger partial charge on any atom is -0.508 e. The van der Waals surface area contributed by atoms with E-state index < -0.39 is 0 Å². The molecule has 0 aliphatic heterocycles. The van der Waals surface area contributed by atoms with Crippen molar-refractivity contribution in [1.29, 1.82) is 0 Å². The van der Waals surface area contributed by atoms with Crippen molar-refractivity contribution in [3.8, 4) is 11.5 Å². The highest BCUT2D eigenvalue weighted by Crippen LogP contribution is 2.22. The molecule has 0 saturated heterocycles. The van der Waals surface area contributed by atoms with Gasteiger partial charge >= 0.3 is 0 Å². The summed E-state index contributed by atoms with van der Waals surface area (Å²) in [6, 6.07) is 4.86. The topological polar surface area (TPSA) is 55.5 Å². The Hall–Kier alpha value is -1.22. The van der Waals surface area contributed by atoms with E-state index in [1.165, 1.54) is 0 Å². The fraction of sp³-hybridized carbons (Fsp3) is 0.250. The maximum atomic E-state index is 9.05. The van der Waals surface area contributed by atoms with Crippen LogP contribution in [0.4, 0.5) is 0 Å². The lowest BCUT2D eigenvalue weighted by atomic mass is 10.2. The molecule has 0 aliphatic rings. The van der Waals surface area contributed by atoms with Crippen LogP contribution >= 0.6 is 0 Å². The van der Waals surface area contributed by atoms with Crippen LogP contribution < -0.4 is 10.5 Å². The number of phenolic OH excluding ortho intramolecular Hbond substituents is 1. The second kappa shape index (κ2) is 3.25. The molecule has 0 bridgehead atoms. The van der Waals surface area contributed by atoms with Crippen molar-refractivity contribution in [2.45, 2.75) is 6.54 Å². The lowest BCUT2D eigenvalue weighted by Crippen LogP contribution is -1.99. The number of methoxy groups -OCH3 is 1. The summed E-state index contributed by atoms with van der Waals surface area (Å²) in [5, 5.41) is 9.05. The number of ether oxygens (including phenoxy) is 1. The maximum Gasteiger partial charge on any atom is 0.123 e. The molecule has 0 unspecified atom stereocenters. The average molecular weight is 153 g/mol. The third-order valence-electron chi connectivity index (χ3n) is 1.48. The maximum absolute atomic E-state index is 9.05. The monoisotopic (exact) mass is 153 g/mol. The lowest BCUT2D eigenvalue weighted by Gasteiger charge is -2.05. The molecule has 0 amide bonds. The van der Waals surface area contributed by atoms with E-state index in [0.29, 0.717) is 12.3 Å². The minimum atomic E-state index is 0.214. The molecular weight excluding hydrogens is 142 g/mol. The van der Waals surface area contributed by atoms with E-state index in [9.17, 15) is 0 Å². The molecule has 1 aromatic carbocycles. The molecule has 1 rings (SSSR count). The number of hydrogen-bond acceptors (Lipinski definition) is 3. The van der Waals surface area contributed by atoms with Crippen molar-refractivity contribution < 1.29 is 9.84 Å². The molecule has 11 heavy (non-hydrogen) atoms. The van der Waals surface area contributed by atoms with Crippen LogP contribution in [0.15, 0.2) is 18.2 Å². The van der Waals surface area contributed by atoms with E-state index >= 15 is 0 Å². The standard InChI is InChI=1S/C8H11NO2/c1-11-8-3-2-7(10)4-6(8)5-9/h2-4,10H,5,9H2,1H3. The summed E-state index contributed by atoms with van der Waals surface area (Å²) in [5.74, 6) is 0.927. The highest BCUT2D eigenvalue weighted by Gasteiger charge is 2.00. The summed E-state index contributed by atoms with van der Waals surface area (Å²) in [6.07, 6.45) is 0. The SMILES string of the molecule is COc1ccc(O)cc1CN. The van der Waals surface area contributed by atoms with Crippen LogP contribution in [-0.2, 0) is 6.54 Å². The zero-order chi connectivity index (χ0) is 8.27. The van der Waals surface area contributed by atoms with Gasteiger partial charge in [-0.05, 0) is 18.2 Å². The zero-order valence-corrected chi connectivity index (χ0v) is 6.37. The van der Waals surface area contributed by atoms with Crippen LogP contribution in [0.2, 0.25) is 0 Å². The molecule has 1 aromatic rings. The molecule has 0 aromatic heterocycles. The van der Waals surface area contributed by atoms with Crippen LogP contribution in [0.3, 0.4) is 0 Å². The van der Waals surface area contributed by atoms with E-state index in [1.807, 2.05) is 0 Å². The third kappa shape index (κ3) is 1.62. The zero-order valence-electron chi connectivity index (χ0n) is 6.37. The van der Waals surface area contributed by atoms with E-state index in [4.69, 9.17) is 15.6 Å². The normalized spacial score (nSPS) is 9.64. The van der Waals surface area contributed by atoms with Crippen molar-refractivity contribution in [3.05, 3.63) is 23.8 Å². The fourth-order valence-electron chi connectivity index (χ4n) is 0.925. The summed E-state index contributed by atoms with van der Waals surface area (Å²) in [6.45, 7) is 0.373. The Kier molecular flexibility index (Phi) is 2.33. The van der Waals surface area contributed by atoms with Gasteiger partial charge in [0.1, 0.15) is 11.5 Å². The molecule has 0 fully saturated rings. The Labute approximate surface area is 65.4 Å². The van der Waals surface area contributed by atoms with Gasteiger partial charge in [0.15, 0.2) is 0 Å². The van der Waals surface area contributed by atoms with Gasteiger partial charge in [0, 0.05) is 12.1 Å². The van der Waals surface area contributed by atoms with E-state index in [0.717, 1.165) is 5.56 Å². The smallest absolute Gasteiger partial charge is 0.123 e. The molecule has 0 aliphatic carbocycles. The largest absolute Gasteiger partial charge is 0.508 e. The van der Waals surface area contributed by atoms with E-state index in [1.54, 1.807) is 25.3 Å². The number of benzene rings is 1. The summed E-state index contributed by atoms with van der Waals surface area (Å²) < 4.78 is 5.00. The van der Waals surface area contributed by atoms with Crippen molar-refractivity contribution in [2.75, 3.05) is 7.11 Å². The second-order valence-corrected chi connectivity index (χ2v) is 2.20. The quantitative estimate of drug-likeness (QED) is 0.662. The van der Waals surface area contributed by atoms with Gasteiger partial charge in [-0.15, -0.1) is 0 Å². The predicted molar refractivity (Wildman–Crippen MR) is 42.6 cm³/mol. The second-order valence-electron chi connectivity index (χ2n) is 2.20. The van der Waals surface area contributed by atoms with Crippen molar-refractivity contribution in [3.63, 3.8) is 0 Å². The van der Waals surface area contributed by atoms with Crippen molar-refractivity contribution in [2.24, 2.45) is 5.73 Å². The first kappa shape index (κ1) is 7.88. The molecule has 0 heterocycles. The fourth-order valence-corrected chi connectivity index (χ4v) is 0.925. The molecule has 0 radical (unpaired) electrons. The molecule has 0 saturated carbocycles. The van der Waals surface area contributed by atoms with E-state index in [-0.39, 0.29) is 5.75 Å². The number of hydrogen-bond donors (Lipinski definition) is 2. The molecule has 3 heteroatoms. The first-order chi connectivity index (χ1) is 5.27. The lowest BCUT2D eigenvalue weighted by molar-refractivity contribution is 0.407. The number of rotatable bonds is 2. The van der Waals surface area contributed by atoms with Crippen molar-refractivity contribution in [1.82, 2.24) is 0 Å². The van der Waals surface area contributed by atoms with Crippen LogP contribution in [0, 0.1) is 0 Å². The predicted octanol–water partition coefficient (Wildman–Crippen LogP) is 0.860. The van der Waals surface area contributed by atoms with Crippen molar-refractivity contribution >= 4 is 0 Å². The first-order valence-electron chi connectivity index (χ1n) is 3.34. The van der Waals surface area contributed by atoms with Gasteiger partial charge in [0.2, 0.25) is 0 Å². The molecule has 3 nitrogen and oxygen atoms in total. The first-order valence-corrected chi connectivity index (χ1v) is 3.34. The van der Waals surface area contributed by atoms with Crippen LogP contribution in [-0.4, -0.2) is 12.2 Å². The highest BCUT2D eigenvalue weighted by atomic mass is 16.5. The summed E-state index contributed by atoms with van der Waals surface area (Å²) in [4.78, 5) is 0. The van der Waals surface area contributed by atoms with Gasteiger partial charge in [-0.1, -0.05) is 0 Å². The van der Waals surface area contributed by atoms with Crippen LogP contribution in [0.25, 0.3) is 0 Å². The van der Waals surface area contributed by atoms with Crippen LogP contribution in [0.5, 0.6) is 11.5 Å². The number of nitrogens with two attached hydrogens (primary N) is 1. The Morgan fingerprint density at radius 1 is 1.55 bits per heavy atom. The summed E-state index contributed by atoms with van der Waals surface area (Å²) in [7, 11) is 1.57. The summed E-state index contributed by atoms with van der Waals surface area (Å²) in [5.41, 5.74) is 6.22. The highest BCUT2D eigenvalue weighted by molar-refractivity contribution is 5.39. The van der Waals surface area contributed by atoms with Gasteiger partial charge < -0.3 is 15.6 Å². The van der Waals surface area contributed by atoms with Gasteiger partial charge in [-0.25, -0.2) is 0 Å². The Bertz CT molecular complexity index is 248. The number of aromatic hydroxyl groups is 1. The molecule has 0 spiro atoms. The number of phenols is 1. The van der Waals surface area contributed by atoms with Gasteiger partial charge in [0.25, 0.3) is 0 Å². The van der Waals surface area contributed by atoms with Gasteiger partial charge in [-0.2, -0.15) is 0 Å². The Morgan fingerprint density at radius 3 is 2.82 bits per heavy atom. The Balaban J connectivity index is 3.06. The van der Waals surface area contributed by atoms with Gasteiger partial charge in [0.05, 0.1) is 7.11 Å². The minimum absolute atomic E-state index is 0.214.